The van der Waals surface area contributed by atoms with Crippen LogP contribution < -0.4 is 69.3 Å². The third kappa shape index (κ3) is 12.5. The molecule has 0 unspecified atom stereocenters. The van der Waals surface area contributed by atoms with Crippen LogP contribution in [0.25, 0.3) is 0 Å². The number of carbonyl (C=O) groups is 4. The zero-order valence-corrected chi connectivity index (χ0v) is 18.8. The number of rotatable bonds is 10. The van der Waals surface area contributed by atoms with Crippen LogP contribution in [0.15, 0.2) is 0 Å². The summed E-state index contributed by atoms with van der Waals surface area (Å²) < 4.78 is 0. The summed E-state index contributed by atoms with van der Waals surface area (Å²) in [6, 6.07) is 0. The third-order valence-corrected chi connectivity index (χ3v) is 2.81. The van der Waals surface area contributed by atoms with Gasteiger partial charge in [-0.15, -0.1) is 0 Å². The summed E-state index contributed by atoms with van der Waals surface area (Å²) in [5, 5.41) is 89.7. The van der Waals surface area contributed by atoms with Gasteiger partial charge in [-0.2, -0.15) is 0 Å². The van der Waals surface area contributed by atoms with E-state index in [-0.39, 0.29) is 71.7 Å². The number of aliphatic carboxylic acids is 2. The molecule has 28 heavy (non-hydrogen) atoms. The Morgan fingerprint density at radius 1 is 0.571 bits per heavy atom. The third-order valence-electron chi connectivity index (χ3n) is 2.81. The van der Waals surface area contributed by atoms with Gasteiger partial charge in [0.05, 0.1) is 11.9 Å². The van der Waals surface area contributed by atoms with Crippen LogP contribution in [0.2, 0.25) is 0 Å². The Hall–Kier alpha value is -0.0400. The van der Waals surface area contributed by atoms with E-state index in [1.54, 1.807) is 0 Å². The molecule has 14 nitrogen and oxygen atoms in total. The van der Waals surface area contributed by atoms with E-state index < -0.39 is 60.8 Å². The van der Waals surface area contributed by atoms with Crippen molar-refractivity contribution in [2.45, 2.75) is 48.8 Å². The first-order valence-corrected chi connectivity index (χ1v) is 6.60. The fourth-order valence-corrected chi connectivity index (χ4v) is 1.22. The summed E-state index contributed by atoms with van der Waals surface area (Å²) in [5.41, 5.74) is 0. The number of carbonyl (C=O) groups excluding carboxylic acids is 4. The number of aliphatic hydroxyl groups is 8. The van der Waals surface area contributed by atoms with Crippen LogP contribution >= 0.6 is 0 Å². The Balaban J connectivity index is -0.000000192. The smallest absolute Gasteiger partial charge is 0.547 e. The SMILES string of the molecule is O=C[C@H](O)[C@@H](O)[C@H](O)[C@H](O)C(=O)[O-].O=C[C@H](O)[C@@H](O)[C@H](O)[C@H](O)C(=O)[O-].[Na+].[Na+]. The predicted octanol–water partition coefficient (Wildman–Crippen LogP) is -15.2. The van der Waals surface area contributed by atoms with Crippen molar-refractivity contribution in [2.24, 2.45) is 0 Å². The molecule has 0 aliphatic rings. The molecule has 0 radical (unpaired) electrons. The second kappa shape index (κ2) is 17.8. The minimum absolute atomic E-state index is 0. The molecule has 0 aliphatic carbocycles. The van der Waals surface area contributed by atoms with Crippen molar-refractivity contribution in [1.82, 2.24) is 0 Å². The van der Waals surface area contributed by atoms with Crippen molar-refractivity contribution >= 4 is 24.5 Å². The summed E-state index contributed by atoms with van der Waals surface area (Å²) in [6.07, 6.45) is -17.3. The van der Waals surface area contributed by atoms with Gasteiger partial charge in [0, 0.05) is 0 Å². The van der Waals surface area contributed by atoms with Crippen molar-refractivity contribution in [3.63, 3.8) is 0 Å². The molecule has 8 N–H and O–H groups in total. The second-order valence-corrected chi connectivity index (χ2v) is 4.74. The number of carboxylic acids is 2. The summed E-state index contributed by atoms with van der Waals surface area (Å²) in [4.78, 5) is 39.7. The maximum absolute atomic E-state index is 9.95. The zero-order valence-electron chi connectivity index (χ0n) is 14.8. The van der Waals surface area contributed by atoms with Crippen molar-refractivity contribution in [3.8, 4) is 0 Å². The van der Waals surface area contributed by atoms with Gasteiger partial charge in [-0.3, -0.25) is 0 Å². The molecule has 0 saturated heterocycles. The van der Waals surface area contributed by atoms with E-state index in [9.17, 15) is 29.4 Å². The first-order chi connectivity index (χ1) is 11.8. The maximum Gasteiger partial charge on any atom is 1.00 e. The Labute approximate surface area is 201 Å². The van der Waals surface area contributed by atoms with Crippen LogP contribution in [-0.2, 0) is 19.2 Å². The van der Waals surface area contributed by atoms with Crippen LogP contribution in [0.5, 0.6) is 0 Å². The van der Waals surface area contributed by atoms with Crippen molar-refractivity contribution < 1.29 is 129 Å². The zero-order chi connectivity index (χ0) is 21.2. The van der Waals surface area contributed by atoms with E-state index in [0.717, 1.165) is 0 Å². The Morgan fingerprint density at radius 3 is 0.929 bits per heavy atom. The van der Waals surface area contributed by atoms with Gasteiger partial charge in [0.25, 0.3) is 0 Å². The van der Waals surface area contributed by atoms with Crippen molar-refractivity contribution in [2.75, 3.05) is 0 Å². The molecule has 0 fully saturated rings. The van der Waals surface area contributed by atoms with Crippen molar-refractivity contribution in [1.29, 1.82) is 0 Å². The summed E-state index contributed by atoms with van der Waals surface area (Å²) in [7, 11) is 0. The molecule has 0 amide bonds. The van der Waals surface area contributed by atoms with Crippen LogP contribution in [0.3, 0.4) is 0 Å². The van der Waals surface area contributed by atoms with Gasteiger partial charge in [-0.1, -0.05) is 0 Å². The number of hydrogen-bond donors (Lipinski definition) is 8. The van der Waals surface area contributed by atoms with E-state index in [0.29, 0.717) is 0 Å². The summed E-state index contributed by atoms with van der Waals surface area (Å²) in [5.74, 6) is -4.02. The standard InChI is InChI=1S/2C6H10O7.2Na/c2*7-1-2(8)3(9)4(10)5(11)6(12)13;;/h2*1-5,8-11H,(H,12,13);;/q;;2*+1/p-2/t2*2-,3+,4-,5-;;/m00../s1. The van der Waals surface area contributed by atoms with Gasteiger partial charge in [-0.25, -0.2) is 0 Å². The van der Waals surface area contributed by atoms with Crippen LogP contribution in [0.1, 0.15) is 0 Å². The normalized spacial score (nSPS) is 18.6. The summed E-state index contributed by atoms with van der Waals surface area (Å²) in [6.45, 7) is 0. The van der Waals surface area contributed by atoms with E-state index in [2.05, 4.69) is 0 Å². The number of aliphatic hydroxyl groups excluding tert-OH is 8. The number of carboxylic acid groups (broad SMARTS) is 2. The topological polar surface area (TPSA) is 276 Å². The minimum Gasteiger partial charge on any atom is -0.547 e. The molecule has 0 spiro atoms. The van der Waals surface area contributed by atoms with Gasteiger partial charge < -0.3 is 70.2 Å². The van der Waals surface area contributed by atoms with E-state index in [1.165, 1.54) is 0 Å². The van der Waals surface area contributed by atoms with E-state index >= 15 is 0 Å². The van der Waals surface area contributed by atoms with E-state index in [1.807, 2.05) is 0 Å². The van der Waals surface area contributed by atoms with E-state index in [4.69, 9.17) is 40.9 Å². The monoisotopic (exact) mass is 432 g/mol. The minimum atomic E-state index is -2.36. The largest absolute Gasteiger partial charge is 1.00 e. The Morgan fingerprint density at radius 2 is 0.786 bits per heavy atom. The molecule has 0 aliphatic heterocycles. The van der Waals surface area contributed by atoms with Crippen molar-refractivity contribution in [3.05, 3.63) is 0 Å². The molecule has 0 heterocycles. The molecule has 16 heteroatoms. The van der Waals surface area contributed by atoms with Gasteiger partial charge >= 0.3 is 59.1 Å². The quantitative estimate of drug-likeness (QED) is 0.118. The molecular formula is C12H18Na2O14. The van der Waals surface area contributed by atoms with Gasteiger partial charge in [0.15, 0.2) is 12.6 Å². The summed E-state index contributed by atoms with van der Waals surface area (Å²) >= 11 is 0. The molecule has 0 aromatic carbocycles. The van der Waals surface area contributed by atoms with Gasteiger partial charge in [-0.05, 0) is 0 Å². The average Bonchev–Trinajstić information content (AvgIpc) is 2.62. The first-order valence-electron chi connectivity index (χ1n) is 6.60. The fourth-order valence-electron chi connectivity index (χ4n) is 1.22. The first kappa shape index (κ1) is 35.4. The molecule has 0 bridgehead atoms. The Bertz CT molecular complexity index is 435. The average molecular weight is 432 g/mol. The fraction of sp³-hybridized carbons (Fsp3) is 0.667. The molecule has 0 aromatic heterocycles. The molecule has 0 saturated carbocycles. The van der Waals surface area contributed by atoms with Crippen LogP contribution in [0, 0.1) is 0 Å². The van der Waals surface area contributed by atoms with Gasteiger partial charge in [0.2, 0.25) is 0 Å². The molecular weight excluding hydrogens is 414 g/mol. The number of hydrogen-bond acceptors (Lipinski definition) is 14. The van der Waals surface area contributed by atoms with Gasteiger partial charge in [0.1, 0.15) is 48.8 Å². The second-order valence-electron chi connectivity index (χ2n) is 4.74. The van der Waals surface area contributed by atoms with Crippen LogP contribution in [-0.4, -0.2) is 114 Å². The molecule has 8 atom stereocenters. The molecule has 0 aromatic rings. The maximum atomic E-state index is 9.95. The molecule has 0 rings (SSSR count). The molecule has 152 valence electrons. The van der Waals surface area contributed by atoms with Crippen LogP contribution in [0.4, 0.5) is 0 Å². The number of aldehydes is 2. The predicted molar refractivity (Wildman–Crippen MR) is 70.2 cm³/mol. The Kier molecular flexibility index (Phi) is 22.5.